The van der Waals surface area contributed by atoms with Crippen molar-refractivity contribution in [2.75, 3.05) is 13.1 Å². The highest BCUT2D eigenvalue weighted by atomic mass is 32.2. The molecule has 0 spiro atoms. The molecule has 3 rings (SSSR count). The van der Waals surface area contributed by atoms with E-state index in [1.807, 2.05) is 29.9 Å². The van der Waals surface area contributed by atoms with Gasteiger partial charge in [-0.25, -0.2) is 8.42 Å². The first-order chi connectivity index (χ1) is 9.50. The first-order valence-electron chi connectivity index (χ1n) is 6.56. The van der Waals surface area contributed by atoms with Crippen molar-refractivity contribution in [1.82, 2.24) is 8.87 Å². The number of aryl methyl sites for hydroxylation is 1. The molecule has 0 amide bonds. The maximum atomic E-state index is 12.7. The van der Waals surface area contributed by atoms with Crippen LogP contribution in [0.3, 0.4) is 0 Å². The molecule has 1 aromatic carbocycles. The molecule has 1 aliphatic heterocycles. The maximum absolute atomic E-state index is 12.7. The highest BCUT2D eigenvalue weighted by Crippen LogP contribution is 2.27. The van der Waals surface area contributed by atoms with Gasteiger partial charge in [0.05, 0.1) is 4.90 Å². The summed E-state index contributed by atoms with van der Waals surface area (Å²) in [6.07, 6.45) is 2.47. The molecule has 1 saturated heterocycles. The highest BCUT2D eigenvalue weighted by Gasteiger charge is 2.29. The lowest BCUT2D eigenvalue weighted by Crippen LogP contribution is -2.38. The molecule has 1 aliphatic rings. The SMILES string of the molecule is Cn1ccc2c(S(=O)(=O)N3CCC(=O)CC3)cccc21. The molecule has 0 bridgehead atoms. The fourth-order valence-corrected chi connectivity index (χ4v) is 4.26. The summed E-state index contributed by atoms with van der Waals surface area (Å²) >= 11 is 0. The molecular formula is C14H16N2O3S. The van der Waals surface area contributed by atoms with E-state index in [4.69, 9.17) is 0 Å². The Labute approximate surface area is 117 Å². The van der Waals surface area contributed by atoms with Gasteiger partial charge in [0.15, 0.2) is 0 Å². The van der Waals surface area contributed by atoms with Gasteiger partial charge in [-0.05, 0) is 18.2 Å². The predicted octanol–water partition coefficient (Wildman–Crippen LogP) is 1.53. The zero-order valence-electron chi connectivity index (χ0n) is 11.2. The molecule has 1 fully saturated rings. The van der Waals surface area contributed by atoms with Crippen LogP contribution in [0.4, 0.5) is 0 Å². The lowest BCUT2D eigenvalue weighted by atomic mass is 10.1. The van der Waals surface area contributed by atoms with Crippen molar-refractivity contribution < 1.29 is 13.2 Å². The van der Waals surface area contributed by atoms with E-state index in [0.717, 1.165) is 10.9 Å². The van der Waals surface area contributed by atoms with Gasteiger partial charge in [0.2, 0.25) is 10.0 Å². The molecule has 0 N–H and O–H groups in total. The van der Waals surface area contributed by atoms with Gasteiger partial charge in [-0.15, -0.1) is 0 Å². The summed E-state index contributed by atoms with van der Waals surface area (Å²) in [5.74, 6) is 0.134. The Morgan fingerprint density at radius 1 is 1.10 bits per heavy atom. The van der Waals surface area contributed by atoms with Crippen LogP contribution in [0.2, 0.25) is 0 Å². The van der Waals surface area contributed by atoms with Crippen molar-refractivity contribution in [2.45, 2.75) is 17.7 Å². The van der Waals surface area contributed by atoms with Crippen molar-refractivity contribution in [3.05, 3.63) is 30.5 Å². The van der Waals surface area contributed by atoms with E-state index < -0.39 is 10.0 Å². The monoisotopic (exact) mass is 292 g/mol. The minimum absolute atomic E-state index is 0.134. The number of sulfonamides is 1. The summed E-state index contributed by atoms with van der Waals surface area (Å²) in [6, 6.07) is 7.10. The largest absolute Gasteiger partial charge is 0.351 e. The van der Waals surface area contributed by atoms with Crippen LogP contribution in [0.5, 0.6) is 0 Å². The Balaban J connectivity index is 2.07. The van der Waals surface area contributed by atoms with Crippen molar-refractivity contribution in [3.8, 4) is 0 Å². The minimum Gasteiger partial charge on any atom is -0.351 e. The Morgan fingerprint density at radius 2 is 1.80 bits per heavy atom. The van der Waals surface area contributed by atoms with Gasteiger partial charge in [-0.1, -0.05) is 6.07 Å². The molecule has 0 radical (unpaired) electrons. The van der Waals surface area contributed by atoms with Gasteiger partial charge in [0.1, 0.15) is 5.78 Å². The Kier molecular flexibility index (Phi) is 3.14. The van der Waals surface area contributed by atoms with Crippen molar-refractivity contribution in [1.29, 1.82) is 0 Å². The molecule has 5 nitrogen and oxygen atoms in total. The summed E-state index contributed by atoms with van der Waals surface area (Å²) in [4.78, 5) is 11.6. The maximum Gasteiger partial charge on any atom is 0.243 e. The molecular weight excluding hydrogens is 276 g/mol. The molecule has 0 unspecified atom stereocenters. The number of aromatic nitrogens is 1. The molecule has 6 heteroatoms. The molecule has 2 heterocycles. The molecule has 0 aliphatic carbocycles. The fourth-order valence-electron chi connectivity index (χ4n) is 2.61. The van der Waals surface area contributed by atoms with Crippen LogP contribution < -0.4 is 0 Å². The van der Waals surface area contributed by atoms with Crippen LogP contribution >= 0.6 is 0 Å². The number of carbonyl (C=O) groups is 1. The second-order valence-electron chi connectivity index (χ2n) is 5.06. The van der Waals surface area contributed by atoms with Crippen LogP contribution in [0.1, 0.15) is 12.8 Å². The van der Waals surface area contributed by atoms with Gasteiger partial charge in [0, 0.05) is 50.1 Å². The summed E-state index contributed by atoms with van der Waals surface area (Å²) < 4.78 is 28.8. The first kappa shape index (κ1) is 13.3. The number of Topliss-reactive ketones (excluding diaryl/α,β-unsaturated/α-hetero) is 1. The number of rotatable bonds is 2. The molecule has 2 aromatic rings. The number of hydrogen-bond donors (Lipinski definition) is 0. The number of carbonyl (C=O) groups excluding carboxylic acids is 1. The standard InChI is InChI=1S/C14H16N2O3S/c1-15-8-7-12-13(15)3-2-4-14(12)20(18,19)16-9-5-11(17)6-10-16/h2-4,7-8H,5-6,9-10H2,1H3. The predicted molar refractivity (Wildman–Crippen MR) is 75.9 cm³/mol. The van der Waals surface area contributed by atoms with E-state index in [9.17, 15) is 13.2 Å². The molecule has 20 heavy (non-hydrogen) atoms. The lowest BCUT2D eigenvalue weighted by Gasteiger charge is -2.25. The lowest BCUT2D eigenvalue weighted by molar-refractivity contribution is -0.120. The van der Waals surface area contributed by atoms with Crippen LogP contribution in [0.25, 0.3) is 10.9 Å². The van der Waals surface area contributed by atoms with Gasteiger partial charge >= 0.3 is 0 Å². The average molecular weight is 292 g/mol. The van der Waals surface area contributed by atoms with E-state index >= 15 is 0 Å². The van der Waals surface area contributed by atoms with Crippen LogP contribution in [-0.2, 0) is 21.9 Å². The van der Waals surface area contributed by atoms with E-state index in [0.29, 0.717) is 17.7 Å². The van der Waals surface area contributed by atoms with Gasteiger partial charge < -0.3 is 4.57 Å². The summed E-state index contributed by atoms with van der Waals surface area (Å²) in [7, 11) is -1.64. The molecule has 0 atom stereocenters. The topological polar surface area (TPSA) is 59.4 Å². The summed E-state index contributed by atoms with van der Waals surface area (Å²) in [5.41, 5.74) is 0.888. The number of piperidine rings is 1. The zero-order valence-corrected chi connectivity index (χ0v) is 12.1. The number of ketones is 1. The quantitative estimate of drug-likeness (QED) is 0.843. The number of benzene rings is 1. The molecule has 1 aromatic heterocycles. The van der Waals surface area contributed by atoms with Crippen LogP contribution in [-0.4, -0.2) is 36.2 Å². The minimum atomic E-state index is -3.53. The summed E-state index contributed by atoms with van der Waals surface area (Å²) in [6.45, 7) is 0.564. The number of hydrogen-bond acceptors (Lipinski definition) is 3. The molecule has 106 valence electrons. The third-order valence-corrected chi connectivity index (χ3v) is 5.74. The highest BCUT2D eigenvalue weighted by molar-refractivity contribution is 7.89. The van der Waals surface area contributed by atoms with E-state index in [1.54, 1.807) is 12.1 Å². The summed E-state index contributed by atoms with van der Waals surface area (Å²) in [5, 5.41) is 0.729. The van der Waals surface area contributed by atoms with E-state index in [-0.39, 0.29) is 18.9 Å². The van der Waals surface area contributed by atoms with Crippen molar-refractivity contribution in [3.63, 3.8) is 0 Å². The van der Waals surface area contributed by atoms with Gasteiger partial charge in [0.25, 0.3) is 0 Å². The normalized spacial score (nSPS) is 17.8. The second-order valence-corrected chi connectivity index (χ2v) is 6.96. The smallest absolute Gasteiger partial charge is 0.243 e. The third kappa shape index (κ3) is 2.05. The Bertz CT molecular complexity index is 767. The average Bonchev–Trinajstić information content (AvgIpc) is 2.81. The van der Waals surface area contributed by atoms with Crippen molar-refractivity contribution in [2.24, 2.45) is 7.05 Å². The number of nitrogens with zero attached hydrogens (tertiary/aromatic N) is 2. The molecule has 0 saturated carbocycles. The fraction of sp³-hybridized carbons (Fsp3) is 0.357. The van der Waals surface area contributed by atoms with Gasteiger partial charge in [-0.3, -0.25) is 4.79 Å². The van der Waals surface area contributed by atoms with Crippen LogP contribution in [0, 0.1) is 0 Å². The first-order valence-corrected chi connectivity index (χ1v) is 8.00. The second kappa shape index (κ2) is 4.71. The van der Waals surface area contributed by atoms with Gasteiger partial charge in [-0.2, -0.15) is 4.31 Å². The van der Waals surface area contributed by atoms with Crippen molar-refractivity contribution >= 4 is 26.7 Å². The number of fused-ring (bicyclic) bond motifs is 1. The third-order valence-electron chi connectivity index (χ3n) is 3.79. The van der Waals surface area contributed by atoms with E-state index in [2.05, 4.69) is 0 Å². The zero-order chi connectivity index (χ0) is 14.3. The van der Waals surface area contributed by atoms with Crippen LogP contribution in [0.15, 0.2) is 35.4 Å². The van der Waals surface area contributed by atoms with E-state index in [1.165, 1.54) is 4.31 Å². The Hall–Kier alpha value is -1.66. The Morgan fingerprint density at radius 3 is 2.50 bits per heavy atom.